The molecule has 0 atom stereocenters. The zero-order valence-corrected chi connectivity index (χ0v) is 39.9. The molecule has 8 aromatic rings. The molecule has 0 saturated carbocycles. The summed E-state index contributed by atoms with van der Waals surface area (Å²) in [5.74, 6) is -3.55. The van der Waals surface area contributed by atoms with Crippen LogP contribution in [0.25, 0.3) is 86.8 Å². The molecule has 19 heteroatoms. The maximum atomic E-state index is 11.3. The summed E-state index contributed by atoms with van der Waals surface area (Å²) in [7, 11) is 0. The van der Waals surface area contributed by atoms with E-state index in [1.165, 1.54) is 0 Å². The van der Waals surface area contributed by atoms with Crippen molar-refractivity contribution in [3.8, 4) is 22.5 Å². The highest BCUT2D eigenvalue weighted by Crippen LogP contribution is 2.36. The number of Topliss-reactive ketones (excluding diaryl/α,β-unsaturated/α-hetero) is 1. The highest BCUT2D eigenvalue weighted by atomic mass is 35.5. The number of alkyl halides is 3. The summed E-state index contributed by atoms with van der Waals surface area (Å²) in [5.41, 5.74) is 39.1. The van der Waals surface area contributed by atoms with Gasteiger partial charge in [-0.25, -0.2) is 0 Å². The van der Waals surface area contributed by atoms with E-state index >= 15 is 0 Å². The van der Waals surface area contributed by atoms with Gasteiger partial charge in [0.1, 0.15) is 24.8 Å². The SMILES string of the molecule is CC(=O)CCCCC[n+]1c(-c2ccccc2)c2cc(N)ccc2c2ccc(N=[N+]=[N-])cc21.O=C([O-])C(F)(F)F.[Cl-].[N-]=[N+]=Nc1ccc2c3ccc(N)cc3c(-c3ccccc3)[n+](CCCCCC(=O)O)c2c1. The lowest BCUT2D eigenvalue weighted by Gasteiger charge is -2.13. The van der Waals surface area contributed by atoms with Gasteiger partial charge in [-0.05, 0) is 104 Å². The molecule has 6 aromatic carbocycles. The van der Waals surface area contributed by atoms with E-state index in [1.54, 1.807) is 6.92 Å². The average molecular weight is 999 g/mol. The van der Waals surface area contributed by atoms with E-state index in [-0.39, 0.29) is 24.6 Å². The van der Waals surface area contributed by atoms with Gasteiger partial charge in [-0.1, -0.05) is 70.9 Å². The Morgan fingerprint density at radius 3 is 1.33 bits per heavy atom. The number of ketones is 1. The molecule has 15 nitrogen and oxygen atoms in total. The fourth-order valence-electron chi connectivity index (χ4n) is 8.51. The summed E-state index contributed by atoms with van der Waals surface area (Å²) in [6.07, 6.45) is 0.655. The molecule has 0 fully saturated rings. The first-order valence-electron chi connectivity index (χ1n) is 22.7. The van der Waals surface area contributed by atoms with E-state index in [4.69, 9.17) is 37.5 Å². The Bertz CT molecular complexity index is 3140. The Morgan fingerprint density at radius 2 is 0.972 bits per heavy atom. The van der Waals surface area contributed by atoms with Crippen LogP contribution in [0.5, 0.6) is 0 Å². The van der Waals surface area contributed by atoms with Gasteiger partial charge in [-0.2, -0.15) is 22.3 Å². The van der Waals surface area contributed by atoms with Gasteiger partial charge < -0.3 is 43.7 Å². The van der Waals surface area contributed by atoms with Crippen LogP contribution in [0.2, 0.25) is 0 Å². The van der Waals surface area contributed by atoms with Crippen LogP contribution in [-0.2, 0) is 27.5 Å². The van der Waals surface area contributed by atoms with Crippen LogP contribution < -0.4 is 38.1 Å². The summed E-state index contributed by atoms with van der Waals surface area (Å²) in [6.45, 7) is 3.12. The third-order valence-corrected chi connectivity index (χ3v) is 11.6. The first-order valence-corrected chi connectivity index (χ1v) is 22.7. The summed E-state index contributed by atoms with van der Waals surface area (Å²) in [5, 5.41) is 31.8. The van der Waals surface area contributed by atoms with Crippen molar-refractivity contribution in [2.75, 3.05) is 11.5 Å². The summed E-state index contributed by atoms with van der Waals surface area (Å²) in [4.78, 5) is 36.9. The molecule has 0 amide bonds. The summed E-state index contributed by atoms with van der Waals surface area (Å²) < 4.78 is 36.1. The van der Waals surface area contributed by atoms with Crippen molar-refractivity contribution in [2.45, 2.75) is 77.6 Å². The van der Waals surface area contributed by atoms with Gasteiger partial charge in [0.05, 0.1) is 21.5 Å². The van der Waals surface area contributed by atoms with Crippen LogP contribution in [0.4, 0.5) is 35.9 Å². The lowest BCUT2D eigenvalue weighted by Crippen LogP contribution is -3.00. The topological polar surface area (TPSA) is 252 Å². The number of unbranched alkanes of at least 4 members (excludes halogenated alkanes) is 4. The quantitative estimate of drug-likeness (QED) is 0.0161. The molecule has 0 bridgehead atoms. The van der Waals surface area contributed by atoms with Crippen LogP contribution in [0.1, 0.15) is 58.3 Å². The van der Waals surface area contributed by atoms with Crippen molar-refractivity contribution in [2.24, 2.45) is 10.2 Å². The largest absolute Gasteiger partial charge is 1.00 e. The Balaban J connectivity index is 0.000000233. The monoisotopic (exact) mass is 998 g/mol. The number of fused-ring (bicyclic) bond motifs is 6. The van der Waals surface area contributed by atoms with Gasteiger partial charge in [-0.3, -0.25) is 4.79 Å². The molecular formula is C53H50ClF3N10O5. The first-order chi connectivity index (χ1) is 34.1. The third kappa shape index (κ3) is 13.9. The predicted molar refractivity (Wildman–Crippen MR) is 267 cm³/mol. The lowest BCUT2D eigenvalue weighted by atomic mass is 9.98. The Labute approximate surface area is 417 Å². The Morgan fingerprint density at radius 1 is 0.583 bits per heavy atom. The van der Waals surface area contributed by atoms with Crippen LogP contribution in [0.3, 0.4) is 0 Å². The zero-order chi connectivity index (χ0) is 51.1. The second-order valence-electron chi connectivity index (χ2n) is 16.6. The minimum absolute atomic E-state index is 0. The molecule has 0 saturated heterocycles. The number of anilines is 2. The van der Waals surface area contributed by atoms with Crippen molar-refractivity contribution in [1.29, 1.82) is 0 Å². The molecule has 0 aliphatic heterocycles. The van der Waals surface area contributed by atoms with Gasteiger partial charge >= 0.3 is 12.1 Å². The minimum Gasteiger partial charge on any atom is -1.00 e. The number of halogens is 4. The number of rotatable bonds is 16. The van der Waals surface area contributed by atoms with E-state index < -0.39 is 18.1 Å². The second kappa shape index (κ2) is 25.4. The van der Waals surface area contributed by atoms with E-state index in [0.29, 0.717) is 42.1 Å². The van der Waals surface area contributed by atoms with Gasteiger partial charge in [0.15, 0.2) is 0 Å². The summed E-state index contributed by atoms with van der Waals surface area (Å²) in [6, 6.07) is 43.9. The number of hydrogen-bond donors (Lipinski definition) is 3. The van der Waals surface area contributed by atoms with Gasteiger partial charge in [-0.15, -0.1) is 0 Å². The van der Waals surface area contributed by atoms with E-state index in [0.717, 1.165) is 105 Å². The average Bonchev–Trinajstić information content (AvgIpc) is 3.34. The van der Waals surface area contributed by atoms with Crippen LogP contribution in [-0.4, -0.2) is 29.0 Å². The Kier molecular flexibility index (Phi) is 19.3. The predicted octanol–water partition coefficient (Wildman–Crippen LogP) is 9.04. The zero-order valence-electron chi connectivity index (χ0n) is 39.1. The number of nitrogens with two attached hydrogens (primary N) is 2. The number of nitrogen functional groups attached to an aromatic ring is 2. The maximum Gasteiger partial charge on any atom is 0.430 e. The minimum atomic E-state index is -5.19. The Hall–Kier alpha value is -8.43. The molecule has 0 spiro atoms. The van der Waals surface area contributed by atoms with Crippen molar-refractivity contribution >= 4 is 83.8 Å². The number of carbonyl (C=O) groups excluding carboxylic acids is 2. The number of aromatic nitrogens is 2. The first kappa shape index (κ1) is 54.5. The molecule has 370 valence electrons. The molecule has 5 N–H and O–H groups in total. The van der Waals surface area contributed by atoms with Crippen molar-refractivity contribution in [3.05, 3.63) is 154 Å². The number of benzene rings is 6. The van der Waals surface area contributed by atoms with Crippen LogP contribution >= 0.6 is 0 Å². The number of azide groups is 2. The van der Waals surface area contributed by atoms with Crippen molar-refractivity contribution < 1.29 is 59.3 Å². The molecule has 72 heavy (non-hydrogen) atoms. The van der Waals surface area contributed by atoms with E-state index in [9.17, 15) is 22.8 Å². The normalized spacial score (nSPS) is 10.8. The number of carboxylic acid groups (broad SMARTS) is 2. The van der Waals surface area contributed by atoms with Gasteiger partial charge in [0, 0.05) is 92.3 Å². The number of aryl methyl sites for hydroxylation is 2. The van der Waals surface area contributed by atoms with E-state index in [2.05, 4.69) is 59.5 Å². The molecule has 0 aliphatic carbocycles. The molecule has 8 rings (SSSR count). The fourth-order valence-corrected chi connectivity index (χ4v) is 8.51. The van der Waals surface area contributed by atoms with E-state index in [1.807, 2.05) is 103 Å². The standard InChI is InChI=1S/C26H26N5O.C25H23N5O2.C2HF3O2.ClH/c1-18(32)8-4-3-7-15-31-25-17-21(29-30-28)12-14-23(25)22-13-11-20(27)16-24(22)26(31)19-9-5-2-6-10-19;26-18-10-12-20-21-13-11-19(28-29-27)16-23(21)30(14-6-2-5-9-24(31)32)25(22(20)15-18)17-7-3-1-4-8-17;3-2(4,5)1(6)7;/h2,5-6,9-14,16-17H,3-4,7-8,15,27H2,1H3;1,3-4,7-8,10-13,15-16H,2,5-6,9,14,26H2;(H,6,7);1H/q+1;;;/p-1. The fraction of sp³-hybridized carbons (Fsp3) is 0.226. The molecule has 0 radical (unpaired) electrons. The third-order valence-electron chi connectivity index (χ3n) is 11.6. The number of carbonyl (C=O) groups is 3. The maximum absolute atomic E-state index is 11.3. The van der Waals surface area contributed by atoms with Crippen molar-refractivity contribution in [3.63, 3.8) is 0 Å². The smallest absolute Gasteiger partial charge is 0.430 e. The highest BCUT2D eigenvalue weighted by molar-refractivity contribution is 6.11. The van der Waals surface area contributed by atoms with Gasteiger partial charge in [0.25, 0.3) is 0 Å². The molecular weight excluding hydrogens is 949 g/mol. The second-order valence-corrected chi connectivity index (χ2v) is 16.6. The molecule has 2 heterocycles. The van der Waals surface area contributed by atoms with Crippen LogP contribution in [0, 0.1) is 0 Å². The lowest BCUT2D eigenvalue weighted by molar-refractivity contribution is -0.660. The van der Waals surface area contributed by atoms with Crippen molar-refractivity contribution in [1.82, 2.24) is 0 Å². The highest BCUT2D eigenvalue weighted by Gasteiger charge is 2.29. The number of aliphatic carboxylic acids is 2. The van der Waals surface area contributed by atoms with Crippen LogP contribution in [0.15, 0.2) is 144 Å². The number of carboxylic acids is 2. The number of hydrogen-bond acceptors (Lipinski definition) is 8. The molecule has 0 aliphatic rings. The molecule has 0 unspecified atom stereocenters. The number of pyridine rings is 2. The van der Waals surface area contributed by atoms with Gasteiger partial charge in [0.2, 0.25) is 22.4 Å². The number of nitrogens with zero attached hydrogens (tertiary/aromatic N) is 8. The summed E-state index contributed by atoms with van der Waals surface area (Å²) >= 11 is 0. The molecule has 2 aromatic heterocycles.